The van der Waals surface area contributed by atoms with Gasteiger partial charge in [-0.25, -0.2) is 8.42 Å². The second-order valence-corrected chi connectivity index (χ2v) is 10.5. The zero-order chi connectivity index (χ0) is 21.5. The van der Waals surface area contributed by atoms with Gasteiger partial charge in [-0.3, -0.25) is 0 Å². The smallest absolute Gasteiger partial charge is 0.243 e. The Morgan fingerprint density at radius 3 is 2.33 bits per heavy atom. The number of rotatable bonds is 5. The lowest BCUT2D eigenvalue weighted by atomic mass is 10.1. The summed E-state index contributed by atoms with van der Waals surface area (Å²) in [6.45, 7) is 6.05. The largest absolute Gasteiger partial charge is 0.347 e. The van der Waals surface area contributed by atoms with Crippen molar-refractivity contribution in [2.75, 3.05) is 50.1 Å². The average molecular weight is 431 g/mol. The minimum atomic E-state index is -3.49. The van der Waals surface area contributed by atoms with Gasteiger partial charge in [-0.05, 0) is 42.5 Å². The lowest BCUT2D eigenvalue weighted by Gasteiger charge is -2.34. The van der Waals surface area contributed by atoms with Crippen LogP contribution in [-0.4, -0.2) is 67.9 Å². The first-order valence-corrected chi connectivity index (χ1v) is 12.0. The van der Waals surface area contributed by atoms with Gasteiger partial charge < -0.3 is 9.80 Å². The molecule has 0 amide bonds. The molecule has 2 heterocycles. The summed E-state index contributed by atoms with van der Waals surface area (Å²) in [7, 11) is 0.327. The van der Waals surface area contributed by atoms with Crippen LogP contribution in [0.1, 0.15) is 43.1 Å². The van der Waals surface area contributed by atoms with Gasteiger partial charge in [0, 0.05) is 46.2 Å². The lowest BCUT2D eigenvalue weighted by Crippen LogP contribution is -2.49. The molecule has 1 aromatic heterocycles. The van der Waals surface area contributed by atoms with Crippen LogP contribution in [0.5, 0.6) is 0 Å². The van der Waals surface area contributed by atoms with Gasteiger partial charge >= 0.3 is 0 Å². The van der Waals surface area contributed by atoms with Crippen LogP contribution in [0, 0.1) is 0 Å². The van der Waals surface area contributed by atoms with Gasteiger partial charge in [0.15, 0.2) is 0 Å². The highest BCUT2D eigenvalue weighted by Crippen LogP contribution is 2.27. The van der Waals surface area contributed by atoms with Crippen molar-refractivity contribution in [3.8, 4) is 0 Å². The standard InChI is InChI=1S/C21H30N6O2S/c1-15(2)19-22-20(25(3)4)24-21(23-19)26-10-12-27(13-11-26)30(28,29)18-9-8-16-6-5-7-17(16)14-18/h8-9,14-15H,5-7,10-13H2,1-4H3. The van der Waals surface area contributed by atoms with Crippen LogP contribution in [0.15, 0.2) is 23.1 Å². The van der Waals surface area contributed by atoms with Crippen molar-refractivity contribution in [2.45, 2.75) is 43.9 Å². The third-order valence-corrected chi connectivity index (χ3v) is 7.67. The van der Waals surface area contributed by atoms with Crippen LogP contribution < -0.4 is 9.80 Å². The normalized spacial score (nSPS) is 17.4. The molecule has 1 aliphatic heterocycles. The summed E-state index contributed by atoms with van der Waals surface area (Å²) in [4.78, 5) is 18.1. The molecule has 9 heteroatoms. The van der Waals surface area contributed by atoms with Crippen LogP contribution in [0.3, 0.4) is 0 Å². The van der Waals surface area contributed by atoms with Gasteiger partial charge in [0.1, 0.15) is 5.82 Å². The number of hydrogen-bond donors (Lipinski definition) is 0. The molecule has 0 bridgehead atoms. The van der Waals surface area contributed by atoms with E-state index in [0.29, 0.717) is 43.0 Å². The number of nitrogens with zero attached hydrogens (tertiary/aromatic N) is 6. The molecule has 162 valence electrons. The van der Waals surface area contributed by atoms with Gasteiger partial charge in [0.25, 0.3) is 0 Å². The van der Waals surface area contributed by atoms with E-state index in [2.05, 4.69) is 33.7 Å². The van der Waals surface area contributed by atoms with E-state index in [9.17, 15) is 8.42 Å². The minimum absolute atomic E-state index is 0.187. The molecule has 2 aromatic rings. The van der Waals surface area contributed by atoms with Gasteiger partial charge in [-0.1, -0.05) is 19.9 Å². The van der Waals surface area contributed by atoms with E-state index in [1.165, 1.54) is 11.1 Å². The van der Waals surface area contributed by atoms with E-state index in [0.717, 1.165) is 25.1 Å². The molecule has 2 aliphatic rings. The van der Waals surface area contributed by atoms with Crippen molar-refractivity contribution >= 4 is 21.9 Å². The molecular weight excluding hydrogens is 400 g/mol. The molecule has 0 unspecified atom stereocenters. The molecule has 4 rings (SSSR count). The third-order valence-electron chi connectivity index (χ3n) is 5.77. The highest BCUT2D eigenvalue weighted by atomic mass is 32.2. The van der Waals surface area contributed by atoms with E-state index in [4.69, 9.17) is 0 Å². The Morgan fingerprint density at radius 2 is 1.67 bits per heavy atom. The highest BCUT2D eigenvalue weighted by molar-refractivity contribution is 7.89. The van der Waals surface area contributed by atoms with E-state index >= 15 is 0 Å². The fraction of sp³-hybridized carbons (Fsp3) is 0.571. The molecular formula is C21H30N6O2S. The zero-order valence-electron chi connectivity index (χ0n) is 18.2. The molecule has 1 aromatic carbocycles. The van der Waals surface area contributed by atoms with E-state index < -0.39 is 10.0 Å². The second kappa shape index (κ2) is 8.11. The molecule has 30 heavy (non-hydrogen) atoms. The maximum atomic E-state index is 13.2. The van der Waals surface area contributed by atoms with Gasteiger partial charge in [0.05, 0.1) is 4.90 Å². The van der Waals surface area contributed by atoms with E-state index in [-0.39, 0.29) is 5.92 Å². The molecule has 0 spiro atoms. The summed E-state index contributed by atoms with van der Waals surface area (Å²) < 4.78 is 27.9. The Morgan fingerprint density at radius 1 is 0.967 bits per heavy atom. The topological polar surface area (TPSA) is 82.5 Å². The summed E-state index contributed by atoms with van der Waals surface area (Å²) >= 11 is 0. The van der Waals surface area contributed by atoms with Gasteiger partial charge in [0.2, 0.25) is 21.9 Å². The van der Waals surface area contributed by atoms with Crippen LogP contribution in [0.4, 0.5) is 11.9 Å². The molecule has 1 saturated heterocycles. The fourth-order valence-corrected chi connectivity index (χ4v) is 5.43. The summed E-state index contributed by atoms with van der Waals surface area (Å²) in [5.41, 5.74) is 2.46. The third kappa shape index (κ3) is 4.00. The quantitative estimate of drug-likeness (QED) is 0.718. The molecule has 0 atom stereocenters. The van der Waals surface area contributed by atoms with Gasteiger partial charge in [-0.2, -0.15) is 19.3 Å². The number of hydrogen-bond acceptors (Lipinski definition) is 7. The molecule has 0 radical (unpaired) electrons. The van der Waals surface area contributed by atoms with Crippen LogP contribution >= 0.6 is 0 Å². The predicted octanol–water partition coefficient (Wildman–Crippen LogP) is 2.06. The number of fused-ring (bicyclic) bond motifs is 1. The Kier molecular flexibility index (Phi) is 5.67. The second-order valence-electron chi connectivity index (χ2n) is 8.52. The first-order valence-electron chi connectivity index (χ1n) is 10.6. The highest BCUT2D eigenvalue weighted by Gasteiger charge is 2.30. The summed E-state index contributed by atoms with van der Waals surface area (Å²) in [5, 5.41) is 0. The van der Waals surface area contributed by atoms with E-state index in [1.807, 2.05) is 31.1 Å². The van der Waals surface area contributed by atoms with Crippen LogP contribution in [-0.2, 0) is 22.9 Å². The fourth-order valence-electron chi connectivity index (χ4n) is 3.96. The average Bonchev–Trinajstić information content (AvgIpc) is 3.21. The van der Waals surface area contributed by atoms with Crippen molar-refractivity contribution in [3.63, 3.8) is 0 Å². The molecule has 8 nitrogen and oxygen atoms in total. The van der Waals surface area contributed by atoms with Gasteiger partial charge in [-0.15, -0.1) is 0 Å². The number of aromatic nitrogens is 3. The number of anilines is 2. The molecule has 1 fully saturated rings. The number of benzene rings is 1. The lowest BCUT2D eigenvalue weighted by molar-refractivity contribution is 0.382. The Balaban J connectivity index is 1.51. The van der Waals surface area contributed by atoms with Crippen molar-refractivity contribution in [2.24, 2.45) is 0 Å². The number of sulfonamides is 1. The molecule has 1 aliphatic carbocycles. The van der Waals surface area contributed by atoms with Crippen molar-refractivity contribution in [1.82, 2.24) is 19.3 Å². The van der Waals surface area contributed by atoms with Crippen molar-refractivity contribution in [1.29, 1.82) is 0 Å². The molecule has 0 N–H and O–H groups in total. The Hall–Kier alpha value is -2.26. The first-order chi connectivity index (χ1) is 14.3. The van der Waals surface area contributed by atoms with Crippen molar-refractivity contribution in [3.05, 3.63) is 35.2 Å². The van der Waals surface area contributed by atoms with Crippen LogP contribution in [0.25, 0.3) is 0 Å². The minimum Gasteiger partial charge on any atom is -0.347 e. The monoisotopic (exact) mass is 430 g/mol. The number of piperazine rings is 1. The summed E-state index contributed by atoms with van der Waals surface area (Å²) in [6.07, 6.45) is 3.13. The van der Waals surface area contributed by atoms with Crippen molar-refractivity contribution < 1.29 is 8.42 Å². The zero-order valence-corrected chi connectivity index (χ0v) is 19.0. The Labute approximate surface area is 179 Å². The summed E-state index contributed by atoms with van der Waals surface area (Å²) in [5.74, 6) is 2.17. The Bertz CT molecular complexity index is 1000. The predicted molar refractivity (Wildman–Crippen MR) is 118 cm³/mol. The van der Waals surface area contributed by atoms with Crippen LogP contribution in [0.2, 0.25) is 0 Å². The number of aryl methyl sites for hydroxylation is 2. The first kappa shape index (κ1) is 21.0. The maximum Gasteiger partial charge on any atom is 0.243 e. The molecule has 0 saturated carbocycles. The SMILES string of the molecule is CC(C)c1nc(N(C)C)nc(N2CCN(S(=O)(=O)c3ccc4c(c3)CCC4)CC2)n1. The maximum absolute atomic E-state index is 13.2. The summed E-state index contributed by atoms with van der Waals surface area (Å²) in [6, 6.07) is 5.61. The van der Waals surface area contributed by atoms with E-state index in [1.54, 1.807) is 10.4 Å².